The number of rotatable bonds is 5. The molecule has 0 aliphatic carbocycles. The van der Waals surface area contributed by atoms with Crippen LogP contribution in [0.25, 0.3) is 0 Å². The average molecular weight is 203 g/mol. The van der Waals surface area contributed by atoms with Crippen molar-refractivity contribution in [1.29, 1.82) is 0 Å². The molecule has 0 rings (SSSR count). The summed E-state index contributed by atoms with van der Waals surface area (Å²) in [7, 11) is -1.03. The molecule has 13 heavy (non-hydrogen) atoms. The molecule has 0 saturated carbocycles. The van der Waals surface area contributed by atoms with Crippen LogP contribution in [0.15, 0.2) is 0 Å². The van der Waals surface area contributed by atoms with E-state index in [1.165, 1.54) is 6.17 Å². The van der Waals surface area contributed by atoms with E-state index in [0.717, 1.165) is 13.1 Å². The smallest absolute Gasteiger partial charge is 0.0717 e. The molecule has 0 amide bonds. The van der Waals surface area contributed by atoms with Crippen molar-refractivity contribution in [2.45, 2.75) is 46.0 Å². The first-order valence-electron chi connectivity index (χ1n) is 5.09. The summed E-state index contributed by atoms with van der Waals surface area (Å²) < 4.78 is 0. The van der Waals surface area contributed by atoms with Crippen LogP contribution in [0.4, 0.5) is 0 Å². The summed E-state index contributed by atoms with van der Waals surface area (Å²) in [6.45, 7) is 14.8. The Morgan fingerprint density at radius 1 is 1.23 bits per heavy atom. The van der Waals surface area contributed by atoms with Gasteiger partial charge in [-0.1, -0.05) is 26.6 Å². The molecule has 0 radical (unpaired) electrons. The molecular formula is C10H25NOSi. The van der Waals surface area contributed by atoms with Crippen LogP contribution in [0, 0.1) is 0 Å². The molecule has 0 aliphatic rings. The van der Waals surface area contributed by atoms with Gasteiger partial charge in [-0.2, -0.15) is 0 Å². The molecule has 0 saturated heterocycles. The van der Waals surface area contributed by atoms with Gasteiger partial charge in [-0.25, -0.2) is 0 Å². The Morgan fingerprint density at radius 2 is 1.69 bits per heavy atom. The maximum atomic E-state index is 9.69. The number of hydrogen-bond donors (Lipinski definition) is 1. The first-order valence-corrected chi connectivity index (χ1v) is 8.79. The second-order valence-corrected chi connectivity index (χ2v) is 11.1. The van der Waals surface area contributed by atoms with E-state index >= 15 is 0 Å². The topological polar surface area (TPSA) is 23.5 Å². The molecule has 0 heterocycles. The van der Waals surface area contributed by atoms with E-state index in [9.17, 15) is 5.11 Å². The van der Waals surface area contributed by atoms with Crippen molar-refractivity contribution >= 4 is 8.07 Å². The lowest BCUT2D eigenvalue weighted by atomic mass is 10.1. The number of nitrogens with zero attached hydrogens (tertiary/aromatic N) is 1. The summed E-state index contributed by atoms with van der Waals surface area (Å²) in [5.74, 6) is 0. The summed E-state index contributed by atoms with van der Waals surface area (Å²) >= 11 is 0. The van der Waals surface area contributed by atoms with Crippen LogP contribution < -0.4 is 0 Å². The largest absolute Gasteiger partial charge is 0.389 e. The van der Waals surface area contributed by atoms with Gasteiger partial charge in [0.25, 0.3) is 0 Å². The Morgan fingerprint density at radius 3 is 1.92 bits per heavy atom. The highest BCUT2D eigenvalue weighted by molar-refractivity contribution is 6.76. The van der Waals surface area contributed by atoms with E-state index in [4.69, 9.17) is 0 Å². The van der Waals surface area contributed by atoms with E-state index in [2.05, 4.69) is 31.5 Å². The number of likely N-dealkylation sites (N-methyl/N-ethyl adjacent to an activating group) is 1. The van der Waals surface area contributed by atoms with Crippen LogP contribution in [0.5, 0.6) is 0 Å². The monoisotopic (exact) mass is 203 g/mol. The van der Waals surface area contributed by atoms with Gasteiger partial charge >= 0.3 is 0 Å². The fraction of sp³-hybridized carbons (Fsp3) is 1.00. The minimum absolute atomic E-state index is 0.560. The van der Waals surface area contributed by atoms with E-state index in [1.807, 2.05) is 13.8 Å². The van der Waals surface area contributed by atoms with E-state index in [-0.39, 0.29) is 0 Å². The summed E-state index contributed by atoms with van der Waals surface area (Å²) in [5.41, 5.74) is -0.560. The SMILES string of the molecule is CCN(CC(C)(C)O)C[Si](C)(C)C. The molecule has 1 N–H and O–H groups in total. The first-order chi connectivity index (χ1) is 5.64. The Bertz CT molecular complexity index is 130. The maximum Gasteiger partial charge on any atom is 0.0717 e. The molecule has 2 nitrogen and oxygen atoms in total. The van der Waals surface area contributed by atoms with Gasteiger partial charge in [0, 0.05) is 6.54 Å². The average Bonchev–Trinajstić information content (AvgIpc) is 1.79. The van der Waals surface area contributed by atoms with Crippen molar-refractivity contribution in [2.75, 3.05) is 19.3 Å². The Labute approximate surface area is 84.0 Å². The molecule has 0 bridgehead atoms. The predicted octanol–water partition coefficient (Wildman–Crippen LogP) is 1.96. The molecule has 0 aromatic rings. The Kier molecular flexibility index (Phi) is 4.62. The molecule has 80 valence electrons. The van der Waals surface area contributed by atoms with Crippen molar-refractivity contribution in [3.8, 4) is 0 Å². The zero-order valence-corrected chi connectivity index (χ0v) is 11.0. The highest BCUT2D eigenvalue weighted by atomic mass is 28.3. The minimum Gasteiger partial charge on any atom is -0.389 e. The first kappa shape index (κ1) is 13.1. The van der Waals surface area contributed by atoms with Crippen LogP contribution >= 0.6 is 0 Å². The van der Waals surface area contributed by atoms with Crippen molar-refractivity contribution in [3.05, 3.63) is 0 Å². The van der Waals surface area contributed by atoms with Gasteiger partial charge in [-0.05, 0) is 26.6 Å². The lowest BCUT2D eigenvalue weighted by Gasteiger charge is -2.32. The molecular weight excluding hydrogens is 178 g/mol. The molecule has 0 aliphatic heterocycles. The predicted molar refractivity (Wildman–Crippen MR) is 61.8 cm³/mol. The number of aliphatic hydroxyl groups is 1. The van der Waals surface area contributed by atoms with Gasteiger partial charge in [0.2, 0.25) is 0 Å². The van der Waals surface area contributed by atoms with Crippen molar-refractivity contribution in [2.24, 2.45) is 0 Å². The lowest BCUT2D eigenvalue weighted by molar-refractivity contribution is 0.0431. The Hall–Kier alpha value is 0.137. The highest BCUT2D eigenvalue weighted by Crippen LogP contribution is 2.09. The van der Waals surface area contributed by atoms with Crippen LogP contribution in [-0.4, -0.2) is 42.9 Å². The van der Waals surface area contributed by atoms with Gasteiger partial charge in [0.05, 0.1) is 13.7 Å². The highest BCUT2D eigenvalue weighted by Gasteiger charge is 2.22. The third-order valence-corrected chi connectivity index (χ3v) is 3.15. The molecule has 0 aromatic heterocycles. The lowest BCUT2D eigenvalue weighted by Crippen LogP contribution is -2.46. The zero-order chi connectivity index (χ0) is 10.7. The minimum atomic E-state index is -1.03. The van der Waals surface area contributed by atoms with Gasteiger partial charge in [0.15, 0.2) is 0 Å². The standard InChI is InChI=1S/C10H25NOSi/c1-7-11(8-10(2,3)12)9-13(4,5)6/h12H,7-9H2,1-6H3. The summed E-state index contributed by atoms with van der Waals surface area (Å²) in [4.78, 5) is 2.35. The van der Waals surface area contributed by atoms with E-state index in [0.29, 0.717) is 0 Å². The Balaban J connectivity index is 4.05. The third-order valence-electron chi connectivity index (χ3n) is 1.76. The zero-order valence-electron chi connectivity index (χ0n) is 10.0. The molecule has 0 aromatic carbocycles. The normalized spacial score (nSPS) is 13.8. The second-order valence-electron chi connectivity index (χ2n) is 5.68. The van der Waals surface area contributed by atoms with Crippen LogP contribution in [0.3, 0.4) is 0 Å². The van der Waals surface area contributed by atoms with Crippen molar-refractivity contribution < 1.29 is 5.11 Å². The number of hydrogen-bond acceptors (Lipinski definition) is 2. The van der Waals surface area contributed by atoms with Gasteiger partial charge in [-0.15, -0.1) is 0 Å². The third kappa shape index (κ3) is 8.47. The van der Waals surface area contributed by atoms with Crippen LogP contribution in [0.2, 0.25) is 19.6 Å². The molecule has 0 fully saturated rings. The van der Waals surface area contributed by atoms with Crippen LogP contribution in [-0.2, 0) is 0 Å². The quantitative estimate of drug-likeness (QED) is 0.691. The summed E-state index contributed by atoms with van der Waals surface area (Å²) in [6.07, 6.45) is 1.17. The molecule has 3 heteroatoms. The second kappa shape index (κ2) is 4.58. The van der Waals surface area contributed by atoms with Crippen molar-refractivity contribution in [3.63, 3.8) is 0 Å². The van der Waals surface area contributed by atoms with E-state index in [1.54, 1.807) is 0 Å². The molecule has 0 spiro atoms. The van der Waals surface area contributed by atoms with Crippen LogP contribution in [0.1, 0.15) is 20.8 Å². The molecule has 0 atom stereocenters. The molecule has 0 unspecified atom stereocenters. The van der Waals surface area contributed by atoms with Gasteiger partial charge in [0.1, 0.15) is 0 Å². The summed E-state index contributed by atoms with van der Waals surface area (Å²) in [5, 5.41) is 9.69. The van der Waals surface area contributed by atoms with E-state index < -0.39 is 13.7 Å². The fourth-order valence-electron chi connectivity index (χ4n) is 1.50. The maximum absolute atomic E-state index is 9.69. The van der Waals surface area contributed by atoms with Gasteiger partial charge in [-0.3, -0.25) is 0 Å². The fourth-order valence-corrected chi connectivity index (χ4v) is 3.17. The van der Waals surface area contributed by atoms with Crippen molar-refractivity contribution in [1.82, 2.24) is 4.90 Å². The summed E-state index contributed by atoms with van der Waals surface area (Å²) in [6, 6.07) is 0. The van der Waals surface area contributed by atoms with Gasteiger partial charge < -0.3 is 10.0 Å².